The van der Waals surface area contributed by atoms with E-state index in [1.165, 1.54) is 11.2 Å². The van der Waals surface area contributed by atoms with Crippen LogP contribution in [0.5, 0.6) is 0 Å². The third kappa shape index (κ3) is 3.50. The Morgan fingerprint density at radius 1 is 1.23 bits per heavy atom. The monoisotopic (exact) mass is 359 g/mol. The highest BCUT2D eigenvalue weighted by Crippen LogP contribution is 2.27. The molecule has 0 bridgehead atoms. The van der Waals surface area contributed by atoms with Gasteiger partial charge in [-0.25, -0.2) is 9.97 Å². The predicted molar refractivity (Wildman–Crippen MR) is 87.0 cm³/mol. The molecule has 1 amide bonds. The van der Waals surface area contributed by atoms with Crippen LogP contribution in [0.25, 0.3) is 0 Å². The Bertz CT molecular complexity index is 689. The summed E-state index contributed by atoms with van der Waals surface area (Å²) < 4.78 is 0. The van der Waals surface area contributed by atoms with Crippen LogP contribution in [0.2, 0.25) is 15.3 Å². The number of aryl methyl sites for hydroxylation is 1. The number of carbonyl (C=O) groups is 1. The van der Waals surface area contributed by atoms with Gasteiger partial charge >= 0.3 is 0 Å². The minimum Gasteiger partial charge on any atom is -0.395 e. The van der Waals surface area contributed by atoms with E-state index in [1.54, 1.807) is 18.2 Å². The molecule has 2 rings (SSSR count). The number of aromatic nitrogens is 2. The number of anilines is 1. The molecule has 0 unspecified atom stereocenters. The van der Waals surface area contributed by atoms with E-state index >= 15 is 0 Å². The molecular weight excluding hydrogens is 349 g/mol. The van der Waals surface area contributed by atoms with E-state index in [1.807, 2.05) is 6.92 Å². The summed E-state index contributed by atoms with van der Waals surface area (Å²) in [5, 5.41) is 9.64. The smallest absolute Gasteiger partial charge is 0.264 e. The van der Waals surface area contributed by atoms with Crippen LogP contribution >= 0.6 is 34.8 Å². The molecule has 1 aromatic heterocycles. The Morgan fingerprint density at radius 2 is 1.86 bits per heavy atom. The van der Waals surface area contributed by atoms with Crippen molar-refractivity contribution in [3.05, 3.63) is 51.0 Å². The number of amides is 1. The molecule has 0 spiro atoms. The van der Waals surface area contributed by atoms with Crippen molar-refractivity contribution in [1.29, 1.82) is 0 Å². The molecule has 2 aromatic rings. The van der Waals surface area contributed by atoms with Crippen molar-refractivity contribution in [2.75, 3.05) is 18.1 Å². The van der Waals surface area contributed by atoms with Gasteiger partial charge in [0.05, 0.1) is 6.61 Å². The van der Waals surface area contributed by atoms with Crippen molar-refractivity contribution < 1.29 is 9.90 Å². The van der Waals surface area contributed by atoms with Crippen molar-refractivity contribution in [2.45, 2.75) is 6.92 Å². The van der Waals surface area contributed by atoms with Gasteiger partial charge in [0.15, 0.2) is 0 Å². The van der Waals surface area contributed by atoms with E-state index in [0.717, 1.165) is 5.56 Å². The third-order valence-electron chi connectivity index (χ3n) is 3.00. The highest BCUT2D eigenvalue weighted by molar-refractivity contribution is 6.39. The van der Waals surface area contributed by atoms with Gasteiger partial charge in [0.2, 0.25) is 0 Å². The molecule has 8 heteroatoms. The van der Waals surface area contributed by atoms with Gasteiger partial charge in [-0.05, 0) is 24.6 Å². The van der Waals surface area contributed by atoms with Gasteiger partial charge in [-0.3, -0.25) is 4.79 Å². The number of aliphatic hydroxyl groups excluding tert-OH is 1. The Kier molecular flexibility index (Phi) is 5.58. The molecule has 0 aliphatic rings. The lowest BCUT2D eigenvalue weighted by Gasteiger charge is -2.23. The molecule has 1 N–H and O–H groups in total. The SMILES string of the molecule is Cc1ccc(N(CCO)C(=O)c2c(Cl)ncnc2Cl)cc1Cl. The Morgan fingerprint density at radius 3 is 2.41 bits per heavy atom. The second-order valence-electron chi connectivity index (χ2n) is 4.44. The zero-order valence-electron chi connectivity index (χ0n) is 11.6. The maximum atomic E-state index is 12.7. The number of hydrogen-bond donors (Lipinski definition) is 1. The summed E-state index contributed by atoms with van der Waals surface area (Å²) in [7, 11) is 0. The van der Waals surface area contributed by atoms with Gasteiger partial charge in [-0.2, -0.15) is 0 Å². The molecule has 0 aliphatic heterocycles. The zero-order chi connectivity index (χ0) is 16.3. The van der Waals surface area contributed by atoms with Crippen LogP contribution in [0.3, 0.4) is 0 Å². The minimum absolute atomic E-state index is 0.0176. The average Bonchev–Trinajstić information content (AvgIpc) is 2.47. The first-order valence-corrected chi connectivity index (χ1v) is 7.44. The largest absolute Gasteiger partial charge is 0.395 e. The van der Waals surface area contributed by atoms with Crippen molar-refractivity contribution in [1.82, 2.24) is 9.97 Å². The Hall–Kier alpha value is -1.40. The maximum Gasteiger partial charge on any atom is 0.264 e. The number of aliphatic hydroxyl groups is 1. The Balaban J connectivity index is 2.47. The van der Waals surface area contributed by atoms with Crippen LogP contribution in [-0.2, 0) is 0 Å². The standard InChI is InChI=1S/C14H12Cl3N3O2/c1-8-2-3-9(6-10(8)15)20(4-5-21)14(22)11-12(16)18-7-19-13(11)17/h2-3,6-7,21H,4-5H2,1H3. The fraction of sp³-hybridized carbons (Fsp3) is 0.214. The number of carbonyl (C=O) groups excluding carboxylic acids is 1. The third-order valence-corrected chi connectivity index (χ3v) is 3.98. The van der Waals surface area contributed by atoms with Crippen LogP contribution in [-0.4, -0.2) is 34.1 Å². The molecule has 0 aliphatic carbocycles. The fourth-order valence-electron chi connectivity index (χ4n) is 1.85. The molecule has 22 heavy (non-hydrogen) atoms. The number of hydrogen-bond acceptors (Lipinski definition) is 4. The van der Waals surface area contributed by atoms with Gasteiger partial charge in [-0.1, -0.05) is 40.9 Å². The number of benzene rings is 1. The molecule has 0 radical (unpaired) electrons. The lowest BCUT2D eigenvalue weighted by molar-refractivity contribution is 0.0980. The molecule has 116 valence electrons. The first kappa shape index (κ1) is 17.0. The lowest BCUT2D eigenvalue weighted by Crippen LogP contribution is -2.34. The molecule has 0 atom stereocenters. The molecule has 0 fully saturated rings. The summed E-state index contributed by atoms with van der Waals surface area (Å²) in [5.74, 6) is -0.510. The van der Waals surface area contributed by atoms with Crippen molar-refractivity contribution in [3.63, 3.8) is 0 Å². The molecule has 5 nitrogen and oxygen atoms in total. The predicted octanol–water partition coefficient (Wildman–Crippen LogP) is 3.38. The second-order valence-corrected chi connectivity index (χ2v) is 5.57. The Labute approximate surface area is 142 Å². The van der Waals surface area contributed by atoms with E-state index < -0.39 is 5.91 Å². The molecule has 0 saturated heterocycles. The van der Waals surface area contributed by atoms with E-state index in [2.05, 4.69) is 9.97 Å². The summed E-state index contributed by atoms with van der Waals surface area (Å²) in [6.07, 6.45) is 1.17. The summed E-state index contributed by atoms with van der Waals surface area (Å²) in [6, 6.07) is 5.14. The van der Waals surface area contributed by atoms with Crippen LogP contribution in [0.4, 0.5) is 5.69 Å². The molecule has 0 saturated carbocycles. The van der Waals surface area contributed by atoms with Gasteiger partial charge in [0.1, 0.15) is 22.2 Å². The van der Waals surface area contributed by atoms with Gasteiger partial charge < -0.3 is 10.0 Å². The normalized spacial score (nSPS) is 10.6. The van der Waals surface area contributed by atoms with E-state index in [-0.39, 0.29) is 29.0 Å². The molecular formula is C14H12Cl3N3O2. The number of nitrogens with zero attached hydrogens (tertiary/aromatic N) is 3. The number of rotatable bonds is 4. The van der Waals surface area contributed by atoms with E-state index in [4.69, 9.17) is 34.8 Å². The lowest BCUT2D eigenvalue weighted by atomic mass is 10.2. The minimum atomic E-state index is -0.510. The number of halogens is 3. The van der Waals surface area contributed by atoms with Crippen molar-refractivity contribution in [2.24, 2.45) is 0 Å². The van der Waals surface area contributed by atoms with E-state index in [0.29, 0.717) is 10.7 Å². The molecule has 1 aromatic carbocycles. The van der Waals surface area contributed by atoms with Gasteiger partial charge in [-0.15, -0.1) is 0 Å². The second kappa shape index (κ2) is 7.24. The fourth-order valence-corrected chi connectivity index (χ4v) is 2.50. The highest BCUT2D eigenvalue weighted by Gasteiger charge is 2.24. The summed E-state index contributed by atoms with van der Waals surface area (Å²) in [6.45, 7) is 1.67. The summed E-state index contributed by atoms with van der Waals surface area (Å²) in [4.78, 5) is 21.5. The first-order chi connectivity index (χ1) is 10.5. The van der Waals surface area contributed by atoms with Crippen LogP contribution in [0, 0.1) is 6.92 Å². The topological polar surface area (TPSA) is 66.3 Å². The van der Waals surface area contributed by atoms with Crippen LogP contribution < -0.4 is 4.90 Å². The van der Waals surface area contributed by atoms with Crippen LogP contribution in [0.15, 0.2) is 24.5 Å². The van der Waals surface area contributed by atoms with Gasteiger partial charge in [0.25, 0.3) is 5.91 Å². The van der Waals surface area contributed by atoms with Gasteiger partial charge in [0, 0.05) is 17.3 Å². The average molecular weight is 361 g/mol. The quantitative estimate of drug-likeness (QED) is 0.849. The zero-order valence-corrected chi connectivity index (χ0v) is 13.8. The maximum absolute atomic E-state index is 12.7. The summed E-state index contributed by atoms with van der Waals surface area (Å²) >= 11 is 18.0. The van der Waals surface area contributed by atoms with Crippen molar-refractivity contribution >= 4 is 46.4 Å². The van der Waals surface area contributed by atoms with Crippen molar-refractivity contribution in [3.8, 4) is 0 Å². The van der Waals surface area contributed by atoms with E-state index in [9.17, 15) is 9.90 Å². The first-order valence-electron chi connectivity index (χ1n) is 6.30. The molecule has 1 heterocycles. The van der Waals surface area contributed by atoms with Crippen LogP contribution in [0.1, 0.15) is 15.9 Å². The highest BCUT2D eigenvalue weighted by atomic mass is 35.5. The summed E-state index contributed by atoms with van der Waals surface area (Å²) in [5.41, 5.74) is 1.38.